The number of nitrogens with two attached hydrogens (primary N) is 1. The molecule has 3 fully saturated rings. The van der Waals surface area contributed by atoms with Crippen LogP contribution < -0.4 is 10.5 Å². The molecule has 2 bridgehead atoms. The molecule has 11 heteroatoms. The van der Waals surface area contributed by atoms with Crippen LogP contribution in [0, 0.1) is 17.7 Å². The summed E-state index contributed by atoms with van der Waals surface area (Å²) in [6.45, 7) is 1.43. The first-order valence-corrected chi connectivity index (χ1v) is 15.4. The summed E-state index contributed by atoms with van der Waals surface area (Å²) < 4.78 is 24.8. The van der Waals surface area contributed by atoms with Crippen molar-refractivity contribution in [1.82, 2.24) is 24.0 Å². The number of amides is 1. The highest BCUT2D eigenvalue weighted by molar-refractivity contribution is 6.32. The molecule has 2 aromatic carbocycles. The van der Waals surface area contributed by atoms with Gasteiger partial charge in [-0.05, 0) is 80.0 Å². The molecule has 1 amide bonds. The maximum Gasteiger partial charge on any atom is 0.254 e. The Kier molecular flexibility index (Phi) is 6.19. The number of aromatic hydroxyl groups is 1. The highest BCUT2D eigenvalue weighted by atomic mass is 35.5. The Morgan fingerprint density at radius 3 is 2.66 bits per heavy atom. The van der Waals surface area contributed by atoms with E-state index in [0.29, 0.717) is 52.4 Å². The fraction of sp³-hybridized carbons (Fsp3) is 0.364. The van der Waals surface area contributed by atoms with Crippen LogP contribution in [0.1, 0.15) is 36.0 Å². The van der Waals surface area contributed by atoms with Crippen molar-refractivity contribution < 1.29 is 19.0 Å². The van der Waals surface area contributed by atoms with Gasteiger partial charge in [0.1, 0.15) is 28.5 Å². The molecule has 5 aromatic rings. The molecule has 1 saturated heterocycles. The van der Waals surface area contributed by atoms with Crippen LogP contribution in [-0.2, 0) is 13.6 Å². The van der Waals surface area contributed by atoms with Gasteiger partial charge >= 0.3 is 0 Å². The molecule has 1 aliphatic heterocycles. The molecule has 8 rings (SSSR count). The molecule has 3 atom stereocenters. The first-order valence-electron chi connectivity index (χ1n) is 15.0. The number of piperidine rings is 1. The van der Waals surface area contributed by atoms with Crippen LogP contribution in [0.4, 0.5) is 4.39 Å². The van der Waals surface area contributed by atoms with Crippen molar-refractivity contribution in [3.05, 3.63) is 58.9 Å². The number of likely N-dealkylation sites (tertiary alicyclic amines) is 1. The molecule has 9 nitrogen and oxygen atoms in total. The van der Waals surface area contributed by atoms with E-state index < -0.39 is 5.82 Å². The SMILES string of the molecule is COc1cc(C(=O)N2CC3CCC2[C@@H]3N)cc2nc(-c3cc4ccc(-c5cc(O)c(Cl)cc5F)nc4n3CC3CC3)n(C)c12. The third kappa shape index (κ3) is 4.18. The lowest BCUT2D eigenvalue weighted by Crippen LogP contribution is -2.41. The fourth-order valence-corrected chi connectivity index (χ4v) is 7.36. The van der Waals surface area contributed by atoms with Gasteiger partial charge in [-0.2, -0.15) is 0 Å². The molecule has 0 spiro atoms. The van der Waals surface area contributed by atoms with Crippen molar-refractivity contribution in [2.75, 3.05) is 13.7 Å². The summed E-state index contributed by atoms with van der Waals surface area (Å²) in [7, 11) is 3.55. The van der Waals surface area contributed by atoms with Crippen molar-refractivity contribution in [1.29, 1.82) is 0 Å². The Labute approximate surface area is 258 Å². The average molecular weight is 615 g/mol. The number of carbonyl (C=O) groups excluding carboxylic acids is 1. The molecule has 226 valence electrons. The number of aryl methyl sites for hydroxylation is 1. The van der Waals surface area contributed by atoms with Crippen molar-refractivity contribution in [2.24, 2.45) is 24.6 Å². The minimum absolute atomic E-state index is 0.0374. The summed E-state index contributed by atoms with van der Waals surface area (Å²) in [6.07, 6.45) is 4.27. The van der Waals surface area contributed by atoms with E-state index in [9.17, 15) is 14.3 Å². The zero-order valence-corrected chi connectivity index (χ0v) is 25.2. The standard InChI is InChI=1S/C33H32ClFN6O3/c1-39-30-24(9-19(11-28(30)44-2)33(43)41-15-18-6-8-25(41)29(18)36)38-32(39)26-10-17-5-7-23(20-12-27(42)21(34)13-22(20)35)37-31(17)40(26)14-16-3-4-16/h5,7,9-13,16,18,25,29,42H,3-4,6,8,14-15,36H2,1-2H3/t18?,25?,29-/m1/s1. The highest BCUT2D eigenvalue weighted by Crippen LogP contribution is 2.41. The predicted molar refractivity (Wildman–Crippen MR) is 166 cm³/mol. The lowest BCUT2D eigenvalue weighted by atomic mass is 10.1. The Hall–Kier alpha value is -4.15. The molecule has 2 saturated carbocycles. The maximum atomic E-state index is 14.9. The molecule has 4 heterocycles. The Morgan fingerprint density at radius 2 is 1.95 bits per heavy atom. The van der Waals surface area contributed by atoms with Gasteiger partial charge in [0.2, 0.25) is 0 Å². The average Bonchev–Trinajstić information content (AvgIpc) is 3.42. The number of pyridine rings is 1. The van der Waals surface area contributed by atoms with Gasteiger partial charge in [-0.3, -0.25) is 4.79 Å². The number of nitrogens with zero attached hydrogens (tertiary/aromatic N) is 5. The zero-order valence-electron chi connectivity index (χ0n) is 24.4. The van der Waals surface area contributed by atoms with Gasteiger partial charge in [-0.25, -0.2) is 14.4 Å². The second kappa shape index (κ2) is 9.93. The van der Waals surface area contributed by atoms with Crippen molar-refractivity contribution in [2.45, 2.75) is 44.3 Å². The number of phenolic OH excluding ortho intramolecular Hbond substituents is 1. The van der Waals surface area contributed by atoms with E-state index in [4.69, 9.17) is 32.0 Å². The molecular formula is C33H32ClFN6O3. The molecule has 3 N–H and O–H groups in total. The third-order valence-electron chi connectivity index (χ3n) is 9.74. The Bertz CT molecular complexity index is 2000. The number of hydrogen-bond acceptors (Lipinski definition) is 6. The van der Waals surface area contributed by atoms with E-state index in [1.165, 1.54) is 6.07 Å². The number of ether oxygens (including phenoxy) is 1. The summed E-state index contributed by atoms with van der Waals surface area (Å²) >= 11 is 5.92. The number of fused-ring (bicyclic) bond motifs is 4. The first-order chi connectivity index (χ1) is 21.2. The third-order valence-corrected chi connectivity index (χ3v) is 10.0. The van der Waals surface area contributed by atoms with E-state index in [2.05, 4.69) is 4.57 Å². The van der Waals surface area contributed by atoms with E-state index in [0.717, 1.165) is 54.9 Å². The fourth-order valence-electron chi connectivity index (χ4n) is 7.21. The molecule has 2 aliphatic carbocycles. The summed E-state index contributed by atoms with van der Waals surface area (Å²) in [5.74, 6) is 1.36. The summed E-state index contributed by atoms with van der Waals surface area (Å²) in [4.78, 5) is 25.5. The number of aromatic nitrogens is 4. The molecule has 0 radical (unpaired) electrons. The normalized spacial score (nSPS) is 21.2. The summed E-state index contributed by atoms with van der Waals surface area (Å²) in [5.41, 5.74) is 10.5. The van der Waals surface area contributed by atoms with Gasteiger partial charge < -0.3 is 29.6 Å². The number of halogens is 2. The number of phenols is 1. The number of benzene rings is 2. The number of hydrogen-bond donors (Lipinski definition) is 2. The van der Waals surface area contributed by atoms with Crippen LogP contribution in [-0.4, -0.2) is 60.8 Å². The van der Waals surface area contributed by atoms with Crippen LogP contribution in [0.25, 0.3) is 44.8 Å². The second-order valence-corrected chi connectivity index (χ2v) is 12.9. The minimum atomic E-state index is -0.559. The van der Waals surface area contributed by atoms with Gasteiger partial charge in [0.25, 0.3) is 5.91 Å². The Morgan fingerprint density at radius 1 is 1.14 bits per heavy atom. The maximum absolute atomic E-state index is 14.9. The lowest BCUT2D eigenvalue weighted by Gasteiger charge is -2.27. The molecular weight excluding hydrogens is 583 g/mol. The molecule has 44 heavy (non-hydrogen) atoms. The monoisotopic (exact) mass is 614 g/mol. The number of methoxy groups -OCH3 is 1. The quantitative estimate of drug-likeness (QED) is 0.252. The van der Waals surface area contributed by atoms with E-state index in [1.54, 1.807) is 19.2 Å². The minimum Gasteiger partial charge on any atom is -0.506 e. The van der Waals surface area contributed by atoms with Crippen LogP contribution >= 0.6 is 11.6 Å². The lowest BCUT2D eigenvalue weighted by molar-refractivity contribution is 0.0700. The predicted octanol–water partition coefficient (Wildman–Crippen LogP) is 5.74. The Balaban J connectivity index is 1.25. The largest absolute Gasteiger partial charge is 0.506 e. The van der Waals surface area contributed by atoms with Gasteiger partial charge in [0, 0.05) is 48.7 Å². The summed E-state index contributed by atoms with van der Waals surface area (Å²) in [5, 5.41) is 11.0. The number of imidazole rings is 1. The van der Waals surface area contributed by atoms with Crippen LogP contribution in [0.15, 0.2) is 42.5 Å². The summed E-state index contributed by atoms with van der Waals surface area (Å²) in [6, 6.07) is 11.9. The smallest absolute Gasteiger partial charge is 0.254 e. The van der Waals surface area contributed by atoms with Crippen LogP contribution in [0.5, 0.6) is 11.5 Å². The zero-order chi connectivity index (χ0) is 30.4. The highest BCUT2D eigenvalue weighted by Gasteiger charge is 2.47. The van der Waals surface area contributed by atoms with Crippen molar-refractivity contribution in [3.8, 4) is 34.3 Å². The van der Waals surface area contributed by atoms with E-state index >= 15 is 0 Å². The van der Waals surface area contributed by atoms with Crippen molar-refractivity contribution in [3.63, 3.8) is 0 Å². The number of carbonyl (C=O) groups is 1. The van der Waals surface area contributed by atoms with Gasteiger partial charge in [-0.15, -0.1) is 0 Å². The number of rotatable bonds is 6. The van der Waals surface area contributed by atoms with Gasteiger partial charge in [-0.1, -0.05) is 11.6 Å². The topological polar surface area (TPSA) is 111 Å². The van der Waals surface area contributed by atoms with E-state index in [1.807, 2.05) is 34.7 Å². The molecule has 3 aromatic heterocycles. The van der Waals surface area contributed by atoms with Crippen molar-refractivity contribution >= 4 is 39.6 Å². The van der Waals surface area contributed by atoms with E-state index in [-0.39, 0.29) is 34.3 Å². The molecule has 3 aliphatic rings. The van der Waals surface area contributed by atoms with Gasteiger partial charge in [0.15, 0.2) is 5.82 Å². The first kappa shape index (κ1) is 27.4. The van der Waals surface area contributed by atoms with Crippen LogP contribution in [0.3, 0.4) is 0 Å². The van der Waals surface area contributed by atoms with Crippen LogP contribution in [0.2, 0.25) is 5.02 Å². The second-order valence-electron chi connectivity index (χ2n) is 12.5. The van der Waals surface area contributed by atoms with Gasteiger partial charge in [0.05, 0.1) is 29.0 Å². The molecule has 2 unspecified atom stereocenters.